The Morgan fingerprint density at radius 2 is 2.35 bits per heavy atom. The summed E-state index contributed by atoms with van der Waals surface area (Å²) in [6.45, 7) is 6.48. The molecule has 1 heterocycles. The second kappa shape index (κ2) is 8.10. The van der Waals surface area contributed by atoms with Crippen LogP contribution in [0.2, 0.25) is 0 Å². The van der Waals surface area contributed by atoms with Crippen molar-refractivity contribution in [2.24, 2.45) is 0 Å². The summed E-state index contributed by atoms with van der Waals surface area (Å²) in [6.07, 6.45) is 7.87. The van der Waals surface area contributed by atoms with Gasteiger partial charge in [0.25, 0.3) is 0 Å². The molecule has 0 bridgehead atoms. The van der Waals surface area contributed by atoms with E-state index in [2.05, 4.69) is 21.5 Å². The van der Waals surface area contributed by atoms with Crippen molar-refractivity contribution in [3.63, 3.8) is 0 Å². The maximum atomic E-state index is 11.8. The molecule has 1 saturated heterocycles. The molecule has 4 nitrogen and oxygen atoms in total. The molecule has 1 amide bonds. The van der Waals surface area contributed by atoms with E-state index >= 15 is 0 Å². The van der Waals surface area contributed by atoms with Gasteiger partial charge >= 0.3 is 0 Å². The predicted molar refractivity (Wildman–Crippen MR) is 69.6 cm³/mol. The van der Waals surface area contributed by atoms with E-state index < -0.39 is 0 Å². The number of carbonyl (C=O) groups is 1. The Balaban J connectivity index is 2.29. The smallest absolute Gasteiger partial charge is 0.234 e. The van der Waals surface area contributed by atoms with E-state index in [1.54, 1.807) is 0 Å². The van der Waals surface area contributed by atoms with E-state index in [4.69, 9.17) is 6.42 Å². The number of carbonyl (C=O) groups excluding carboxylic acids is 1. The number of hydrogen-bond donors (Lipinski definition) is 2. The van der Waals surface area contributed by atoms with E-state index in [1.807, 2.05) is 6.92 Å². The molecule has 1 unspecified atom stereocenters. The third-order valence-electron chi connectivity index (χ3n) is 3.02. The zero-order valence-electron chi connectivity index (χ0n) is 10.7. The average Bonchev–Trinajstić information content (AvgIpc) is 2.57. The molecule has 96 valence electrons. The van der Waals surface area contributed by atoms with Gasteiger partial charge in [-0.2, -0.15) is 0 Å². The van der Waals surface area contributed by atoms with Crippen molar-refractivity contribution in [3.05, 3.63) is 0 Å². The van der Waals surface area contributed by atoms with Crippen LogP contribution in [0.15, 0.2) is 0 Å². The predicted octanol–water partition coefficient (Wildman–Crippen LogP) is 0.200. The highest BCUT2D eigenvalue weighted by molar-refractivity contribution is 5.78. The van der Waals surface area contributed by atoms with Gasteiger partial charge in [0.2, 0.25) is 5.91 Å². The zero-order chi connectivity index (χ0) is 12.5. The second-order valence-corrected chi connectivity index (χ2v) is 4.46. The molecule has 0 aliphatic carbocycles. The van der Waals surface area contributed by atoms with E-state index in [1.165, 1.54) is 0 Å². The first-order valence-electron chi connectivity index (χ1n) is 6.42. The highest BCUT2D eigenvalue weighted by Gasteiger charge is 2.14. The molecular formula is C13H23N3O. The first-order chi connectivity index (χ1) is 8.26. The summed E-state index contributed by atoms with van der Waals surface area (Å²) in [7, 11) is 0. The third kappa shape index (κ3) is 5.71. The van der Waals surface area contributed by atoms with Crippen molar-refractivity contribution in [1.82, 2.24) is 15.5 Å². The minimum absolute atomic E-state index is 0.0917. The van der Waals surface area contributed by atoms with Gasteiger partial charge in [0.1, 0.15) is 0 Å². The molecule has 17 heavy (non-hydrogen) atoms. The van der Waals surface area contributed by atoms with E-state index in [0.717, 1.165) is 39.0 Å². The monoisotopic (exact) mass is 237 g/mol. The van der Waals surface area contributed by atoms with Gasteiger partial charge in [-0.3, -0.25) is 9.69 Å². The molecule has 0 radical (unpaired) electrons. The summed E-state index contributed by atoms with van der Waals surface area (Å²) in [6, 6.07) is 0.123. The van der Waals surface area contributed by atoms with Gasteiger partial charge in [0.15, 0.2) is 0 Å². The summed E-state index contributed by atoms with van der Waals surface area (Å²) in [5, 5.41) is 6.31. The molecule has 4 heteroatoms. The van der Waals surface area contributed by atoms with Crippen molar-refractivity contribution in [1.29, 1.82) is 0 Å². The summed E-state index contributed by atoms with van der Waals surface area (Å²) < 4.78 is 0. The topological polar surface area (TPSA) is 44.4 Å². The van der Waals surface area contributed by atoms with Gasteiger partial charge in [-0.15, -0.1) is 12.3 Å². The number of nitrogens with one attached hydrogen (secondary N) is 2. The summed E-state index contributed by atoms with van der Waals surface area (Å²) in [4.78, 5) is 14.0. The third-order valence-corrected chi connectivity index (χ3v) is 3.02. The normalized spacial score (nSPS) is 19.1. The fraction of sp³-hybridized carbons (Fsp3) is 0.769. The fourth-order valence-electron chi connectivity index (χ4n) is 1.98. The maximum Gasteiger partial charge on any atom is 0.234 e. The lowest BCUT2D eigenvalue weighted by molar-refractivity contribution is -0.122. The van der Waals surface area contributed by atoms with Crippen LogP contribution in [0.5, 0.6) is 0 Å². The van der Waals surface area contributed by atoms with E-state index in [-0.39, 0.29) is 11.9 Å². The lowest BCUT2D eigenvalue weighted by Crippen LogP contribution is -2.42. The van der Waals surface area contributed by atoms with Crippen LogP contribution in [-0.2, 0) is 4.79 Å². The van der Waals surface area contributed by atoms with Crippen LogP contribution in [-0.4, -0.2) is 49.6 Å². The molecular weight excluding hydrogens is 214 g/mol. The zero-order valence-corrected chi connectivity index (χ0v) is 10.7. The van der Waals surface area contributed by atoms with Gasteiger partial charge in [0.05, 0.1) is 6.54 Å². The molecule has 0 spiro atoms. The van der Waals surface area contributed by atoms with Crippen molar-refractivity contribution in [2.45, 2.75) is 32.2 Å². The Kier molecular flexibility index (Phi) is 6.68. The highest BCUT2D eigenvalue weighted by atomic mass is 16.2. The first kappa shape index (κ1) is 14.0. The van der Waals surface area contributed by atoms with Gasteiger partial charge in [-0.1, -0.05) is 6.92 Å². The summed E-state index contributed by atoms with van der Waals surface area (Å²) >= 11 is 0. The van der Waals surface area contributed by atoms with Crippen LogP contribution in [0.3, 0.4) is 0 Å². The molecule has 1 aliphatic heterocycles. The van der Waals surface area contributed by atoms with Crippen molar-refractivity contribution in [3.8, 4) is 12.3 Å². The highest BCUT2D eigenvalue weighted by Crippen LogP contribution is 1.98. The van der Waals surface area contributed by atoms with Gasteiger partial charge < -0.3 is 10.6 Å². The quantitative estimate of drug-likeness (QED) is 0.671. The van der Waals surface area contributed by atoms with E-state index in [0.29, 0.717) is 13.0 Å². The summed E-state index contributed by atoms with van der Waals surface area (Å²) in [5.74, 6) is 2.69. The lowest BCUT2D eigenvalue weighted by atomic mass is 10.1. The van der Waals surface area contributed by atoms with Crippen LogP contribution in [0.1, 0.15) is 26.2 Å². The van der Waals surface area contributed by atoms with Crippen LogP contribution < -0.4 is 10.6 Å². The second-order valence-electron chi connectivity index (χ2n) is 4.46. The Bertz CT molecular complexity index is 264. The van der Waals surface area contributed by atoms with Gasteiger partial charge in [0, 0.05) is 25.6 Å². The molecule has 0 aromatic heterocycles. The SMILES string of the molecule is C#CCC(CC)NC(=O)CN1CCCNCC1. The Morgan fingerprint density at radius 1 is 1.53 bits per heavy atom. The first-order valence-corrected chi connectivity index (χ1v) is 6.42. The molecule has 0 aromatic rings. The number of terminal acetylenes is 1. The van der Waals surface area contributed by atoms with Crippen molar-refractivity contribution in [2.75, 3.05) is 32.7 Å². The number of amides is 1. The number of nitrogens with zero attached hydrogens (tertiary/aromatic N) is 1. The minimum atomic E-state index is 0.0917. The average molecular weight is 237 g/mol. The van der Waals surface area contributed by atoms with Crippen LogP contribution in [0, 0.1) is 12.3 Å². The Hall–Kier alpha value is -1.05. The standard InChI is InChI=1S/C13H23N3O/c1-3-6-12(4-2)15-13(17)11-16-9-5-7-14-8-10-16/h1,12,14H,4-11H2,2H3,(H,15,17). The largest absolute Gasteiger partial charge is 0.351 e. The van der Waals surface area contributed by atoms with Crippen molar-refractivity contribution < 1.29 is 4.79 Å². The number of rotatable bonds is 5. The van der Waals surface area contributed by atoms with Crippen LogP contribution in [0.25, 0.3) is 0 Å². The van der Waals surface area contributed by atoms with Crippen LogP contribution in [0.4, 0.5) is 0 Å². The summed E-state index contributed by atoms with van der Waals surface area (Å²) in [5.41, 5.74) is 0. The molecule has 0 aromatic carbocycles. The fourth-order valence-corrected chi connectivity index (χ4v) is 1.98. The molecule has 1 aliphatic rings. The van der Waals surface area contributed by atoms with E-state index in [9.17, 15) is 4.79 Å². The molecule has 2 N–H and O–H groups in total. The van der Waals surface area contributed by atoms with Gasteiger partial charge in [-0.25, -0.2) is 0 Å². The molecule has 0 saturated carbocycles. The minimum Gasteiger partial charge on any atom is -0.351 e. The Labute approximate surface area is 104 Å². The molecule has 1 fully saturated rings. The Morgan fingerprint density at radius 3 is 3.06 bits per heavy atom. The molecule has 1 atom stereocenters. The maximum absolute atomic E-state index is 11.8. The number of hydrogen-bond acceptors (Lipinski definition) is 3. The molecule has 1 rings (SSSR count). The lowest BCUT2D eigenvalue weighted by Gasteiger charge is -2.21. The van der Waals surface area contributed by atoms with Crippen LogP contribution >= 0.6 is 0 Å². The van der Waals surface area contributed by atoms with Crippen molar-refractivity contribution >= 4 is 5.91 Å². The van der Waals surface area contributed by atoms with Gasteiger partial charge in [-0.05, 0) is 25.9 Å².